The Kier molecular flexibility index (Phi) is 4.99. The minimum Gasteiger partial charge on any atom is -0.368 e. The molecule has 7 nitrogen and oxygen atoms in total. The van der Waals surface area contributed by atoms with Crippen LogP contribution in [0.3, 0.4) is 0 Å². The van der Waals surface area contributed by atoms with E-state index in [2.05, 4.69) is 25.6 Å². The van der Waals surface area contributed by atoms with Crippen molar-refractivity contribution in [1.82, 2.24) is 24.7 Å². The Morgan fingerprint density at radius 2 is 1.88 bits per heavy atom. The van der Waals surface area contributed by atoms with Crippen molar-refractivity contribution in [2.45, 2.75) is 43.9 Å². The number of nitrogens with zero attached hydrogens (tertiary/aromatic N) is 3. The van der Waals surface area contributed by atoms with Crippen LogP contribution in [0.5, 0.6) is 0 Å². The summed E-state index contributed by atoms with van der Waals surface area (Å²) in [4.78, 5) is 23.5. The van der Waals surface area contributed by atoms with Crippen molar-refractivity contribution >= 4 is 28.4 Å². The van der Waals surface area contributed by atoms with Gasteiger partial charge in [-0.2, -0.15) is 13.2 Å². The average Bonchev–Trinajstić information content (AvgIpc) is 3.40. The fraction of sp³-hybridized carbons (Fsp3) is 0.318. The van der Waals surface area contributed by atoms with E-state index in [-0.39, 0.29) is 23.6 Å². The summed E-state index contributed by atoms with van der Waals surface area (Å²) in [6, 6.07) is 10.6. The molecule has 1 aliphatic rings. The molecule has 0 unspecified atom stereocenters. The first-order chi connectivity index (χ1) is 15.4. The van der Waals surface area contributed by atoms with Crippen molar-refractivity contribution in [2.75, 3.05) is 5.32 Å². The van der Waals surface area contributed by atoms with Crippen molar-refractivity contribution in [3.63, 3.8) is 0 Å². The van der Waals surface area contributed by atoms with Crippen molar-refractivity contribution in [3.05, 3.63) is 60.2 Å². The number of imidazole rings is 1. The van der Waals surface area contributed by atoms with Gasteiger partial charge in [-0.3, -0.25) is 9.20 Å². The van der Waals surface area contributed by atoms with Crippen molar-refractivity contribution < 1.29 is 18.0 Å². The molecule has 1 aliphatic carbocycles. The number of H-pyrrole nitrogens is 1. The monoisotopic (exact) mass is 442 g/mol. The molecule has 4 aromatic heterocycles. The Hall–Kier alpha value is -3.56. The molecule has 0 radical (unpaired) electrons. The van der Waals surface area contributed by atoms with Crippen LogP contribution < -0.4 is 10.6 Å². The summed E-state index contributed by atoms with van der Waals surface area (Å²) in [6.07, 6.45) is 1.32. The molecular weight excluding hydrogens is 421 g/mol. The summed E-state index contributed by atoms with van der Waals surface area (Å²) in [7, 11) is 0. The molecule has 4 heterocycles. The quantitative estimate of drug-likeness (QED) is 0.438. The molecule has 0 aliphatic heterocycles. The fourth-order valence-corrected chi connectivity index (χ4v) is 4.20. The number of anilines is 1. The topological polar surface area (TPSA) is 87.1 Å². The second-order valence-corrected chi connectivity index (χ2v) is 8.05. The zero-order valence-electron chi connectivity index (χ0n) is 17.0. The predicted molar refractivity (Wildman–Crippen MR) is 113 cm³/mol. The number of alkyl halides is 3. The summed E-state index contributed by atoms with van der Waals surface area (Å²) in [5.41, 5.74) is 0.487. The molecule has 1 amide bonds. The van der Waals surface area contributed by atoms with Gasteiger partial charge in [0, 0.05) is 29.9 Å². The molecule has 1 saturated carbocycles. The van der Waals surface area contributed by atoms with E-state index >= 15 is 0 Å². The molecule has 4 aromatic rings. The number of carbonyl (C=O) groups excluding carboxylic acids is 1. The van der Waals surface area contributed by atoms with E-state index in [9.17, 15) is 18.0 Å². The summed E-state index contributed by atoms with van der Waals surface area (Å²) in [5.74, 6) is 0.408. The SMILES string of the molecule is O=C(NC1CCC(Nc2cccc3nc(C(F)(F)F)cn23)CC1)c1cc2cccnc2[nH]1. The van der Waals surface area contributed by atoms with E-state index in [1.807, 2.05) is 12.1 Å². The van der Waals surface area contributed by atoms with Crippen molar-refractivity contribution in [1.29, 1.82) is 0 Å². The summed E-state index contributed by atoms with van der Waals surface area (Å²) in [5, 5.41) is 7.29. The molecule has 5 rings (SSSR count). The first-order valence-electron chi connectivity index (χ1n) is 10.4. The van der Waals surface area contributed by atoms with E-state index in [1.165, 1.54) is 4.40 Å². The normalized spacial score (nSPS) is 19.3. The minimum absolute atomic E-state index is 0.0424. The van der Waals surface area contributed by atoms with Crippen LogP contribution in [0.15, 0.2) is 48.8 Å². The highest BCUT2D eigenvalue weighted by molar-refractivity contribution is 5.97. The van der Waals surface area contributed by atoms with Gasteiger partial charge in [0.05, 0.1) is 0 Å². The van der Waals surface area contributed by atoms with Crippen LogP contribution in [0.25, 0.3) is 16.7 Å². The molecule has 1 fully saturated rings. The van der Waals surface area contributed by atoms with E-state index < -0.39 is 11.9 Å². The number of carbonyl (C=O) groups is 1. The van der Waals surface area contributed by atoms with Gasteiger partial charge in [-0.05, 0) is 56.0 Å². The number of hydrogen-bond donors (Lipinski definition) is 3. The first kappa shape index (κ1) is 20.3. The lowest BCUT2D eigenvalue weighted by molar-refractivity contribution is -0.140. The number of halogens is 3. The van der Waals surface area contributed by atoms with E-state index in [0.717, 1.165) is 37.3 Å². The van der Waals surface area contributed by atoms with Gasteiger partial charge >= 0.3 is 6.18 Å². The predicted octanol–water partition coefficient (Wildman–Crippen LogP) is 4.38. The van der Waals surface area contributed by atoms with Crippen LogP contribution in [-0.4, -0.2) is 37.3 Å². The second-order valence-electron chi connectivity index (χ2n) is 8.05. The minimum atomic E-state index is -4.49. The van der Waals surface area contributed by atoms with E-state index in [1.54, 1.807) is 30.5 Å². The van der Waals surface area contributed by atoms with E-state index in [0.29, 0.717) is 17.2 Å². The third kappa shape index (κ3) is 4.00. The number of pyridine rings is 2. The van der Waals surface area contributed by atoms with Gasteiger partial charge in [0.1, 0.15) is 22.8 Å². The molecule has 166 valence electrons. The van der Waals surface area contributed by atoms with Gasteiger partial charge in [0.25, 0.3) is 5.91 Å². The molecule has 0 atom stereocenters. The van der Waals surface area contributed by atoms with Gasteiger partial charge < -0.3 is 15.6 Å². The standard InChI is InChI=1S/C22H21F3N6O/c23-22(24,25)17-12-31-18(4-1-5-19(31)30-17)27-14-6-8-15(9-7-14)28-21(32)16-11-13-3-2-10-26-20(13)29-16/h1-5,10-12,14-15,27H,6-9H2,(H,26,29)(H,28,32). The van der Waals surface area contributed by atoms with Crippen molar-refractivity contribution in [3.8, 4) is 0 Å². The molecule has 0 aromatic carbocycles. The third-order valence-corrected chi connectivity index (χ3v) is 5.83. The zero-order valence-corrected chi connectivity index (χ0v) is 17.0. The largest absolute Gasteiger partial charge is 0.434 e. The first-order valence-corrected chi connectivity index (χ1v) is 10.4. The van der Waals surface area contributed by atoms with Crippen LogP contribution >= 0.6 is 0 Å². The number of aromatic amines is 1. The molecule has 0 saturated heterocycles. The summed E-state index contributed by atoms with van der Waals surface area (Å²) < 4.78 is 40.5. The summed E-state index contributed by atoms with van der Waals surface area (Å²) in [6.45, 7) is 0. The zero-order chi connectivity index (χ0) is 22.3. The Morgan fingerprint density at radius 3 is 2.62 bits per heavy atom. The Balaban J connectivity index is 1.21. The van der Waals surface area contributed by atoms with E-state index in [4.69, 9.17) is 0 Å². The van der Waals surface area contributed by atoms with Gasteiger partial charge in [0.15, 0.2) is 5.69 Å². The highest BCUT2D eigenvalue weighted by Crippen LogP contribution is 2.30. The van der Waals surface area contributed by atoms with Crippen LogP contribution in [0, 0.1) is 0 Å². The van der Waals surface area contributed by atoms with Gasteiger partial charge in [-0.25, -0.2) is 9.97 Å². The van der Waals surface area contributed by atoms with Crippen LogP contribution in [0.2, 0.25) is 0 Å². The van der Waals surface area contributed by atoms with Crippen LogP contribution in [0.4, 0.5) is 19.0 Å². The number of fused-ring (bicyclic) bond motifs is 2. The number of nitrogens with one attached hydrogen (secondary N) is 3. The van der Waals surface area contributed by atoms with Gasteiger partial charge in [0.2, 0.25) is 0 Å². The fourth-order valence-electron chi connectivity index (χ4n) is 4.20. The lowest BCUT2D eigenvalue weighted by Crippen LogP contribution is -2.40. The number of amides is 1. The van der Waals surface area contributed by atoms with Gasteiger partial charge in [-0.15, -0.1) is 0 Å². The maximum atomic E-state index is 13.0. The maximum Gasteiger partial charge on any atom is 0.434 e. The Labute approximate surface area is 181 Å². The molecule has 10 heteroatoms. The highest BCUT2D eigenvalue weighted by Gasteiger charge is 2.34. The lowest BCUT2D eigenvalue weighted by atomic mass is 9.91. The Morgan fingerprint density at radius 1 is 1.09 bits per heavy atom. The molecule has 0 spiro atoms. The molecule has 0 bridgehead atoms. The Bertz CT molecular complexity index is 1240. The highest BCUT2D eigenvalue weighted by atomic mass is 19.4. The third-order valence-electron chi connectivity index (χ3n) is 5.83. The lowest BCUT2D eigenvalue weighted by Gasteiger charge is -2.30. The van der Waals surface area contributed by atoms with Gasteiger partial charge in [-0.1, -0.05) is 6.07 Å². The average molecular weight is 442 g/mol. The maximum absolute atomic E-state index is 13.0. The second kappa shape index (κ2) is 7.85. The summed E-state index contributed by atoms with van der Waals surface area (Å²) >= 11 is 0. The number of hydrogen-bond acceptors (Lipinski definition) is 4. The number of rotatable bonds is 4. The molecule has 32 heavy (non-hydrogen) atoms. The molecule has 3 N–H and O–H groups in total. The number of aromatic nitrogens is 4. The smallest absolute Gasteiger partial charge is 0.368 e. The molecular formula is C22H21F3N6O. The van der Waals surface area contributed by atoms with Crippen LogP contribution in [0.1, 0.15) is 41.9 Å². The van der Waals surface area contributed by atoms with Crippen LogP contribution in [-0.2, 0) is 6.18 Å². The van der Waals surface area contributed by atoms with Crippen molar-refractivity contribution in [2.24, 2.45) is 0 Å².